The minimum absolute atomic E-state index is 0.705. The summed E-state index contributed by atoms with van der Waals surface area (Å²) in [4.78, 5) is 0. The monoisotopic (exact) mass is 291 g/mol. The van der Waals surface area contributed by atoms with Crippen molar-refractivity contribution in [1.29, 1.82) is 0 Å². The Hall–Kier alpha value is -1.48. The zero-order chi connectivity index (χ0) is 14.5. The van der Waals surface area contributed by atoms with Crippen LogP contribution in [-0.4, -0.2) is 9.78 Å². The summed E-state index contributed by atoms with van der Waals surface area (Å²) in [6.45, 7) is 7.88. The molecule has 0 aliphatic rings. The van der Waals surface area contributed by atoms with Crippen LogP contribution >= 0.6 is 11.6 Å². The Morgan fingerprint density at radius 1 is 1.15 bits per heavy atom. The Bertz CT molecular complexity index is 575. The highest BCUT2D eigenvalue weighted by molar-refractivity contribution is 6.31. The standard InChI is InChI=1S/C16H22ClN3/c1-4-12-9-7-8-10-14(12)18-11-15-16(17)13(5-2)19-20(15)6-3/h7-10,18H,4-6,11H2,1-3H3. The van der Waals surface area contributed by atoms with Gasteiger partial charge in [-0.05, 0) is 31.4 Å². The second-order valence-corrected chi connectivity index (χ2v) is 5.12. The molecule has 2 rings (SSSR count). The molecular formula is C16H22ClN3. The van der Waals surface area contributed by atoms with Gasteiger partial charge in [-0.2, -0.15) is 5.10 Å². The van der Waals surface area contributed by atoms with E-state index in [4.69, 9.17) is 11.6 Å². The smallest absolute Gasteiger partial charge is 0.0868 e. The Kier molecular flexibility index (Phi) is 5.07. The molecule has 0 radical (unpaired) electrons. The maximum absolute atomic E-state index is 6.42. The van der Waals surface area contributed by atoms with E-state index in [-0.39, 0.29) is 0 Å². The van der Waals surface area contributed by atoms with Crippen LogP contribution < -0.4 is 5.32 Å². The number of nitrogens with zero attached hydrogens (tertiary/aromatic N) is 2. The molecule has 0 saturated heterocycles. The van der Waals surface area contributed by atoms with Crippen molar-refractivity contribution in [2.24, 2.45) is 0 Å². The number of aryl methyl sites for hydroxylation is 3. The molecule has 0 aliphatic heterocycles. The van der Waals surface area contributed by atoms with Crippen LogP contribution in [0.3, 0.4) is 0 Å². The van der Waals surface area contributed by atoms with Gasteiger partial charge in [0.25, 0.3) is 0 Å². The van der Waals surface area contributed by atoms with Crippen molar-refractivity contribution >= 4 is 17.3 Å². The van der Waals surface area contributed by atoms with Crippen molar-refractivity contribution in [2.45, 2.75) is 46.7 Å². The van der Waals surface area contributed by atoms with E-state index in [9.17, 15) is 0 Å². The van der Waals surface area contributed by atoms with Gasteiger partial charge >= 0.3 is 0 Å². The highest BCUT2D eigenvalue weighted by atomic mass is 35.5. The first-order valence-electron chi connectivity index (χ1n) is 7.27. The molecule has 0 amide bonds. The summed E-state index contributed by atoms with van der Waals surface area (Å²) in [6.07, 6.45) is 1.88. The number of aromatic nitrogens is 2. The van der Waals surface area contributed by atoms with Crippen molar-refractivity contribution in [1.82, 2.24) is 9.78 Å². The Balaban J connectivity index is 2.20. The van der Waals surface area contributed by atoms with Gasteiger partial charge in [0.15, 0.2) is 0 Å². The Morgan fingerprint density at radius 2 is 1.90 bits per heavy atom. The van der Waals surface area contributed by atoms with Crippen LogP contribution in [0, 0.1) is 0 Å². The number of nitrogens with one attached hydrogen (secondary N) is 1. The zero-order valence-electron chi connectivity index (χ0n) is 12.4. The molecular weight excluding hydrogens is 270 g/mol. The molecule has 2 aromatic rings. The number of hydrogen-bond acceptors (Lipinski definition) is 2. The summed E-state index contributed by atoms with van der Waals surface area (Å²) in [5.41, 5.74) is 4.54. The Labute approximate surface area is 126 Å². The maximum Gasteiger partial charge on any atom is 0.0868 e. The van der Waals surface area contributed by atoms with Crippen LogP contribution in [0.25, 0.3) is 0 Å². The molecule has 0 bridgehead atoms. The fourth-order valence-corrected chi connectivity index (χ4v) is 2.70. The average Bonchev–Trinajstić information content (AvgIpc) is 2.81. The zero-order valence-corrected chi connectivity index (χ0v) is 13.2. The number of hydrogen-bond donors (Lipinski definition) is 1. The van der Waals surface area contributed by atoms with E-state index in [1.54, 1.807) is 0 Å². The molecule has 3 nitrogen and oxygen atoms in total. The van der Waals surface area contributed by atoms with Crippen molar-refractivity contribution in [3.8, 4) is 0 Å². The summed E-state index contributed by atoms with van der Waals surface area (Å²) in [5.74, 6) is 0. The third-order valence-corrected chi connectivity index (χ3v) is 3.97. The molecule has 0 atom stereocenters. The van der Waals surface area contributed by atoms with Gasteiger partial charge in [0.2, 0.25) is 0 Å². The first-order chi connectivity index (χ1) is 9.71. The van der Waals surface area contributed by atoms with E-state index in [1.807, 2.05) is 4.68 Å². The fraction of sp³-hybridized carbons (Fsp3) is 0.438. The molecule has 0 saturated carbocycles. The summed E-state index contributed by atoms with van der Waals surface area (Å²) in [7, 11) is 0. The van der Waals surface area contributed by atoms with Gasteiger partial charge < -0.3 is 5.32 Å². The largest absolute Gasteiger partial charge is 0.379 e. The summed E-state index contributed by atoms with van der Waals surface area (Å²) in [6, 6.07) is 8.39. The van der Waals surface area contributed by atoms with Gasteiger partial charge in [-0.3, -0.25) is 4.68 Å². The van der Waals surface area contributed by atoms with Crippen LogP contribution in [0.2, 0.25) is 5.02 Å². The molecule has 0 aliphatic carbocycles. The van der Waals surface area contributed by atoms with Gasteiger partial charge in [-0.1, -0.05) is 43.6 Å². The van der Waals surface area contributed by atoms with Crippen LogP contribution in [0.1, 0.15) is 37.7 Å². The normalized spacial score (nSPS) is 10.8. The quantitative estimate of drug-likeness (QED) is 0.860. The third-order valence-electron chi connectivity index (χ3n) is 3.54. The molecule has 1 heterocycles. The predicted octanol–water partition coefficient (Wildman–Crippen LogP) is 4.29. The van der Waals surface area contributed by atoms with Gasteiger partial charge in [0.1, 0.15) is 0 Å². The van der Waals surface area contributed by atoms with Gasteiger partial charge in [0.05, 0.1) is 23.0 Å². The van der Waals surface area contributed by atoms with E-state index in [0.29, 0.717) is 6.54 Å². The highest BCUT2D eigenvalue weighted by Crippen LogP contribution is 2.23. The summed E-state index contributed by atoms with van der Waals surface area (Å²) in [5, 5.41) is 8.84. The van der Waals surface area contributed by atoms with Gasteiger partial charge in [-0.15, -0.1) is 0 Å². The lowest BCUT2D eigenvalue weighted by molar-refractivity contribution is 0.619. The summed E-state index contributed by atoms with van der Waals surface area (Å²) < 4.78 is 1.99. The van der Waals surface area contributed by atoms with Crippen molar-refractivity contribution < 1.29 is 0 Å². The fourth-order valence-electron chi connectivity index (χ4n) is 2.37. The van der Waals surface area contributed by atoms with Crippen LogP contribution in [0.4, 0.5) is 5.69 Å². The van der Waals surface area contributed by atoms with E-state index in [0.717, 1.165) is 35.8 Å². The Morgan fingerprint density at radius 3 is 2.55 bits per heavy atom. The molecule has 0 spiro atoms. The first kappa shape index (κ1) is 14.9. The summed E-state index contributed by atoms with van der Waals surface area (Å²) >= 11 is 6.42. The van der Waals surface area contributed by atoms with Gasteiger partial charge in [0, 0.05) is 12.2 Å². The molecule has 1 aromatic heterocycles. The minimum atomic E-state index is 0.705. The number of halogens is 1. The third kappa shape index (κ3) is 2.98. The number of rotatable bonds is 6. The molecule has 0 fully saturated rings. The first-order valence-corrected chi connectivity index (χ1v) is 7.64. The van der Waals surface area contributed by atoms with Gasteiger partial charge in [-0.25, -0.2) is 0 Å². The molecule has 0 unspecified atom stereocenters. The minimum Gasteiger partial charge on any atom is -0.379 e. The average molecular weight is 292 g/mol. The lowest BCUT2D eigenvalue weighted by Crippen LogP contribution is -2.09. The van der Waals surface area contributed by atoms with E-state index in [2.05, 4.69) is 55.5 Å². The molecule has 1 N–H and O–H groups in total. The van der Waals surface area contributed by atoms with E-state index >= 15 is 0 Å². The second kappa shape index (κ2) is 6.80. The number of benzene rings is 1. The molecule has 20 heavy (non-hydrogen) atoms. The van der Waals surface area contributed by atoms with Crippen LogP contribution in [0.5, 0.6) is 0 Å². The van der Waals surface area contributed by atoms with E-state index < -0.39 is 0 Å². The van der Waals surface area contributed by atoms with Crippen molar-refractivity contribution in [3.63, 3.8) is 0 Å². The second-order valence-electron chi connectivity index (χ2n) is 4.74. The van der Waals surface area contributed by atoms with Crippen LogP contribution in [-0.2, 0) is 25.9 Å². The topological polar surface area (TPSA) is 29.9 Å². The number of para-hydroxylation sites is 1. The highest BCUT2D eigenvalue weighted by Gasteiger charge is 2.14. The van der Waals surface area contributed by atoms with Crippen LogP contribution in [0.15, 0.2) is 24.3 Å². The van der Waals surface area contributed by atoms with Crippen molar-refractivity contribution in [2.75, 3.05) is 5.32 Å². The maximum atomic E-state index is 6.42. The lowest BCUT2D eigenvalue weighted by Gasteiger charge is -2.12. The lowest BCUT2D eigenvalue weighted by atomic mass is 10.1. The van der Waals surface area contributed by atoms with E-state index in [1.165, 1.54) is 11.3 Å². The number of anilines is 1. The predicted molar refractivity (Wildman–Crippen MR) is 85.4 cm³/mol. The molecule has 4 heteroatoms. The molecule has 108 valence electrons. The molecule has 1 aromatic carbocycles. The van der Waals surface area contributed by atoms with Crippen molar-refractivity contribution in [3.05, 3.63) is 46.2 Å². The SMILES string of the molecule is CCc1ccccc1NCc1c(Cl)c(CC)nn1CC.